The molecule has 1 aromatic rings. The summed E-state index contributed by atoms with van der Waals surface area (Å²) in [6.45, 7) is 0. The van der Waals surface area contributed by atoms with E-state index in [4.69, 9.17) is 9.47 Å². The van der Waals surface area contributed by atoms with E-state index in [2.05, 4.69) is 0 Å². The molecule has 1 aliphatic carbocycles. The van der Waals surface area contributed by atoms with Gasteiger partial charge in [-0.15, -0.1) is 0 Å². The van der Waals surface area contributed by atoms with Crippen molar-refractivity contribution in [3.05, 3.63) is 23.8 Å². The van der Waals surface area contributed by atoms with Crippen LogP contribution < -0.4 is 9.47 Å². The number of rotatable bonds is 3. The molecular weight excluding hydrogens is 232 g/mol. The Morgan fingerprint density at radius 1 is 1.22 bits per heavy atom. The lowest BCUT2D eigenvalue weighted by Gasteiger charge is -2.38. The molecule has 0 amide bonds. The van der Waals surface area contributed by atoms with Crippen molar-refractivity contribution in [3.63, 3.8) is 0 Å². The van der Waals surface area contributed by atoms with E-state index >= 15 is 0 Å². The third-order valence-corrected chi connectivity index (χ3v) is 3.71. The van der Waals surface area contributed by atoms with Gasteiger partial charge < -0.3 is 19.7 Å². The highest BCUT2D eigenvalue weighted by Crippen LogP contribution is 2.44. The first kappa shape index (κ1) is 13.2. The second-order valence-corrected chi connectivity index (χ2v) is 4.73. The molecule has 18 heavy (non-hydrogen) atoms. The second kappa shape index (κ2) is 5.16. The van der Waals surface area contributed by atoms with Gasteiger partial charge in [-0.25, -0.2) is 0 Å². The van der Waals surface area contributed by atoms with Crippen LogP contribution in [0.25, 0.3) is 0 Å². The minimum atomic E-state index is -1.24. The average Bonchev–Trinajstić information content (AvgIpc) is 2.41. The fraction of sp³-hybridized carbons (Fsp3) is 0.571. The van der Waals surface area contributed by atoms with Gasteiger partial charge >= 0.3 is 0 Å². The Kier molecular flexibility index (Phi) is 3.78. The zero-order valence-corrected chi connectivity index (χ0v) is 10.8. The number of hydrogen-bond acceptors (Lipinski definition) is 4. The number of ether oxygens (including phenoxy) is 2. The molecule has 1 saturated carbocycles. The molecule has 1 fully saturated rings. The van der Waals surface area contributed by atoms with E-state index in [1.54, 1.807) is 32.4 Å². The van der Waals surface area contributed by atoms with E-state index in [-0.39, 0.29) is 0 Å². The smallest absolute Gasteiger partial charge is 0.166 e. The molecule has 4 nitrogen and oxygen atoms in total. The van der Waals surface area contributed by atoms with Crippen LogP contribution in [0.2, 0.25) is 0 Å². The van der Waals surface area contributed by atoms with Crippen molar-refractivity contribution in [2.75, 3.05) is 14.2 Å². The maximum absolute atomic E-state index is 10.8. The number of aliphatic hydroxyl groups is 2. The number of methoxy groups -OCH3 is 2. The van der Waals surface area contributed by atoms with Crippen LogP contribution in [0.5, 0.6) is 11.5 Å². The average molecular weight is 252 g/mol. The Morgan fingerprint density at radius 3 is 2.61 bits per heavy atom. The van der Waals surface area contributed by atoms with Gasteiger partial charge in [0.25, 0.3) is 0 Å². The maximum atomic E-state index is 10.8. The zero-order valence-electron chi connectivity index (χ0n) is 10.8. The molecule has 2 N–H and O–H groups in total. The van der Waals surface area contributed by atoms with Crippen molar-refractivity contribution in [2.24, 2.45) is 0 Å². The fourth-order valence-corrected chi connectivity index (χ4v) is 2.68. The van der Waals surface area contributed by atoms with Crippen LogP contribution in [0.1, 0.15) is 31.2 Å². The van der Waals surface area contributed by atoms with Crippen LogP contribution in [0.4, 0.5) is 0 Å². The SMILES string of the molecule is COc1cccc(C2(O)CCCCC2O)c1OC. The molecule has 2 rings (SSSR count). The van der Waals surface area contributed by atoms with Crippen molar-refractivity contribution in [3.8, 4) is 11.5 Å². The quantitative estimate of drug-likeness (QED) is 0.861. The monoisotopic (exact) mass is 252 g/mol. The molecule has 0 aliphatic heterocycles. The lowest BCUT2D eigenvalue weighted by Crippen LogP contribution is -2.42. The van der Waals surface area contributed by atoms with E-state index in [9.17, 15) is 10.2 Å². The van der Waals surface area contributed by atoms with Crippen LogP contribution in [0.3, 0.4) is 0 Å². The lowest BCUT2D eigenvalue weighted by molar-refractivity contribution is -0.107. The third kappa shape index (κ3) is 2.06. The molecule has 4 heteroatoms. The number of para-hydroxylation sites is 1. The van der Waals surface area contributed by atoms with Crippen LogP contribution in [-0.2, 0) is 5.60 Å². The molecule has 0 aromatic heterocycles. The Labute approximate surface area is 107 Å². The Hall–Kier alpha value is -1.26. The second-order valence-electron chi connectivity index (χ2n) is 4.73. The third-order valence-electron chi connectivity index (χ3n) is 3.71. The summed E-state index contributed by atoms with van der Waals surface area (Å²) in [6.07, 6.45) is 2.23. The van der Waals surface area contributed by atoms with Gasteiger partial charge in [0.1, 0.15) is 5.60 Å². The largest absolute Gasteiger partial charge is 0.493 e. The Bertz CT molecular complexity index is 418. The predicted molar refractivity (Wildman–Crippen MR) is 67.9 cm³/mol. The summed E-state index contributed by atoms with van der Waals surface area (Å²) in [7, 11) is 3.10. The number of hydrogen-bond donors (Lipinski definition) is 2. The van der Waals surface area contributed by atoms with Gasteiger partial charge in [-0.1, -0.05) is 25.0 Å². The zero-order chi connectivity index (χ0) is 13.2. The molecular formula is C14H20O4. The highest BCUT2D eigenvalue weighted by molar-refractivity contribution is 5.49. The lowest BCUT2D eigenvalue weighted by atomic mass is 9.77. The molecule has 0 radical (unpaired) electrons. The summed E-state index contributed by atoms with van der Waals surface area (Å²) in [5, 5.41) is 20.9. The Balaban J connectivity index is 2.49. The summed E-state index contributed by atoms with van der Waals surface area (Å²) >= 11 is 0. The molecule has 0 spiro atoms. The van der Waals surface area contributed by atoms with Crippen molar-refractivity contribution in [1.82, 2.24) is 0 Å². The van der Waals surface area contributed by atoms with Crippen LogP contribution in [0, 0.1) is 0 Å². The van der Waals surface area contributed by atoms with E-state index in [1.165, 1.54) is 0 Å². The minimum absolute atomic E-state index is 0.503. The summed E-state index contributed by atoms with van der Waals surface area (Å²) in [4.78, 5) is 0. The number of aliphatic hydroxyl groups excluding tert-OH is 1. The molecule has 0 saturated heterocycles. The van der Waals surface area contributed by atoms with E-state index in [0.717, 1.165) is 12.8 Å². The maximum Gasteiger partial charge on any atom is 0.166 e. The van der Waals surface area contributed by atoms with Gasteiger partial charge in [0.05, 0.1) is 20.3 Å². The first-order valence-electron chi connectivity index (χ1n) is 6.25. The van der Waals surface area contributed by atoms with Gasteiger partial charge in [0.2, 0.25) is 0 Å². The molecule has 0 bridgehead atoms. The van der Waals surface area contributed by atoms with E-state index in [1.807, 2.05) is 0 Å². The minimum Gasteiger partial charge on any atom is -0.493 e. The van der Waals surface area contributed by atoms with Crippen LogP contribution >= 0.6 is 0 Å². The first-order valence-corrected chi connectivity index (χ1v) is 6.25. The summed E-state index contributed by atoms with van der Waals surface area (Å²) in [6, 6.07) is 5.37. The molecule has 1 aliphatic rings. The van der Waals surface area contributed by atoms with Crippen LogP contribution in [-0.4, -0.2) is 30.5 Å². The molecule has 2 unspecified atom stereocenters. The molecule has 2 atom stereocenters. The van der Waals surface area contributed by atoms with Gasteiger partial charge in [-0.3, -0.25) is 0 Å². The normalized spacial score (nSPS) is 27.9. The standard InChI is InChI=1S/C14H20O4/c1-17-11-7-5-6-10(13(11)18-2)14(16)9-4-3-8-12(14)15/h5-7,12,15-16H,3-4,8-9H2,1-2H3. The molecule has 0 heterocycles. The summed E-state index contributed by atoms with van der Waals surface area (Å²) in [5.41, 5.74) is -0.630. The summed E-state index contributed by atoms with van der Waals surface area (Å²) in [5.74, 6) is 1.07. The van der Waals surface area contributed by atoms with Crippen molar-refractivity contribution in [2.45, 2.75) is 37.4 Å². The highest BCUT2D eigenvalue weighted by atomic mass is 16.5. The Morgan fingerprint density at radius 2 is 2.00 bits per heavy atom. The van der Waals surface area contributed by atoms with E-state index < -0.39 is 11.7 Å². The molecule has 100 valence electrons. The topological polar surface area (TPSA) is 58.9 Å². The van der Waals surface area contributed by atoms with Crippen molar-refractivity contribution in [1.29, 1.82) is 0 Å². The van der Waals surface area contributed by atoms with Crippen molar-refractivity contribution < 1.29 is 19.7 Å². The summed E-state index contributed by atoms with van der Waals surface area (Å²) < 4.78 is 10.6. The van der Waals surface area contributed by atoms with Gasteiger partial charge in [-0.05, 0) is 18.9 Å². The predicted octanol–water partition coefficient (Wildman–Crippen LogP) is 1.83. The first-order chi connectivity index (χ1) is 8.63. The van der Waals surface area contributed by atoms with Crippen LogP contribution in [0.15, 0.2) is 18.2 Å². The van der Waals surface area contributed by atoms with Gasteiger partial charge in [0, 0.05) is 5.56 Å². The van der Waals surface area contributed by atoms with E-state index in [0.29, 0.717) is 29.9 Å². The van der Waals surface area contributed by atoms with Gasteiger partial charge in [0.15, 0.2) is 11.5 Å². The van der Waals surface area contributed by atoms with Crippen molar-refractivity contribution >= 4 is 0 Å². The number of benzene rings is 1. The molecule has 1 aromatic carbocycles. The fourth-order valence-electron chi connectivity index (χ4n) is 2.68. The van der Waals surface area contributed by atoms with Gasteiger partial charge in [-0.2, -0.15) is 0 Å². The highest BCUT2D eigenvalue weighted by Gasteiger charge is 2.42.